The Morgan fingerprint density at radius 3 is 2.77 bits per heavy atom. The number of H-pyrrole nitrogens is 1. The molecule has 3 rings (SSSR count). The van der Waals surface area contributed by atoms with Crippen LogP contribution < -0.4 is 20.7 Å². The minimum absolute atomic E-state index is 0.0753. The molecule has 10 heteroatoms. The average Bonchev–Trinajstić information content (AvgIpc) is 2.70. The van der Waals surface area contributed by atoms with E-state index in [0.29, 0.717) is 21.1 Å². The summed E-state index contributed by atoms with van der Waals surface area (Å²) < 4.78 is 11.6. The van der Waals surface area contributed by atoms with Gasteiger partial charge in [-0.1, -0.05) is 23.7 Å². The second kappa shape index (κ2) is 8.83. The number of carboxylic acids is 1. The lowest BCUT2D eigenvalue weighted by atomic mass is 10.2. The van der Waals surface area contributed by atoms with Crippen molar-refractivity contribution >= 4 is 34.7 Å². The van der Waals surface area contributed by atoms with Crippen LogP contribution in [-0.4, -0.2) is 39.7 Å². The minimum atomic E-state index is -1.16. The summed E-state index contributed by atoms with van der Waals surface area (Å²) in [5.74, 6) is -0.875. The van der Waals surface area contributed by atoms with Crippen LogP contribution in [0.1, 0.15) is 19.4 Å². The fraction of sp³-hybridized carbons (Fsp3) is 0.200. The number of rotatable bonds is 7. The van der Waals surface area contributed by atoms with Crippen LogP contribution >= 0.6 is 11.6 Å². The van der Waals surface area contributed by atoms with E-state index in [2.05, 4.69) is 10.1 Å². The van der Waals surface area contributed by atoms with Crippen LogP contribution in [0.3, 0.4) is 0 Å². The number of carbonyl (C=O) groups is 1. The second-order valence-electron chi connectivity index (χ2n) is 6.20. The zero-order valence-electron chi connectivity index (χ0n) is 16.1. The number of aliphatic carboxylic acids is 1. The summed E-state index contributed by atoms with van der Waals surface area (Å²) in [6, 6.07) is 9.57. The number of nitrogens with one attached hydrogen (secondary N) is 1. The zero-order valence-corrected chi connectivity index (χ0v) is 16.8. The molecule has 0 saturated heterocycles. The number of nitrogens with zero attached hydrogens (tertiary/aromatic N) is 2. The number of para-hydroxylation sites is 1. The van der Waals surface area contributed by atoms with Crippen molar-refractivity contribution in [1.29, 1.82) is 0 Å². The number of hydrogen-bond donors (Lipinski definition) is 2. The third-order valence-corrected chi connectivity index (χ3v) is 4.36. The van der Waals surface area contributed by atoms with Crippen molar-refractivity contribution in [1.82, 2.24) is 9.66 Å². The fourth-order valence-corrected chi connectivity index (χ4v) is 2.91. The molecular weight excluding hydrogens is 414 g/mol. The topological polar surface area (TPSA) is 123 Å². The van der Waals surface area contributed by atoms with Crippen molar-refractivity contribution < 1.29 is 19.4 Å². The van der Waals surface area contributed by atoms with E-state index < -0.39 is 23.3 Å². The molecule has 0 aliphatic rings. The van der Waals surface area contributed by atoms with E-state index in [9.17, 15) is 14.4 Å². The number of ether oxygens (including phenoxy) is 2. The highest BCUT2D eigenvalue weighted by atomic mass is 35.5. The van der Waals surface area contributed by atoms with E-state index in [1.165, 1.54) is 25.3 Å². The Kier molecular flexibility index (Phi) is 6.22. The van der Waals surface area contributed by atoms with Gasteiger partial charge in [0.2, 0.25) is 0 Å². The molecular formula is C20H18ClN3O6. The van der Waals surface area contributed by atoms with Gasteiger partial charge in [-0.2, -0.15) is 5.10 Å². The Morgan fingerprint density at radius 1 is 1.33 bits per heavy atom. The standard InChI is InChI=1S/C20H18ClN3O6/c1-3-29-16-9-12(8-14(21)17(16)30-11(2)19(26)27)10-22-24-18(25)13-6-4-5-7-15(13)23-20(24)28/h4-11H,3H2,1-2H3,(H,23,28)(H,26,27)/t11-/m1/s1. The molecule has 0 fully saturated rings. The maximum absolute atomic E-state index is 12.5. The molecule has 0 amide bonds. The largest absolute Gasteiger partial charge is 0.490 e. The first-order valence-corrected chi connectivity index (χ1v) is 9.33. The Morgan fingerprint density at radius 2 is 2.07 bits per heavy atom. The monoisotopic (exact) mass is 431 g/mol. The van der Waals surface area contributed by atoms with Crippen molar-refractivity contribution in [3.63, 3.8) is 0 Å². The minimum Gasteiger partial charge on any atom is -0.490 e. The van der Waals surface area contributed by atoms with Gasteiger partial charge in [-0.3, -0.25) is 4.79 Å². The van der Waals surface area contributed by atoms with Gasteiger partial charge < -0.3 is 19.6 Å². The number of carboxylic acid groups (broad SMARTS) is 1. The molecule has 0 aliphatic carbocycles. The molecule has 156 valence electrons. The normalized spacial score (nSPS) is 12.2. The SMILES string of the molecule is CCOc1cc(C=Nn2c(=O)[nH]c3ccccc3c2=O)cc(Cl)c1O[C@H](C)C(=O)O. The van der Waals surface area contributed by atoms with E-state index in [0.717, 1.165) is 0 Å². The Labute approximate surface area is 175 Å². The van der Waals surface area contributed by atoms with Crippen LogP contribution in [0.5, 0.6) is 11.5 Å². The molecule has 0 bridgehead atoms. The van der Waals surface area contributed by atoms with Crippen LogP contribution in [0.15, 0.2) is 51.1 Å². The number of benzene rings is 2. The first kappa shape index (κ1) is 21.1. The lowest BCUT2D eigenvalue weighted by molar-refractivity contribution is -0.144. The molecule has 0 radical (unpaired) electrons. The van der Waals surface area contributed by atoms with Crippen molar-refractivity contribution in [2.45, 2.75) is 20.0 Å². The highest BCUT2D eigenvalue weighted by Crippen LogP contribution is 2.37. The van der Waals surface area contributed by atoms with E-state index in [-0.39, 0.29) is 23.1 Å². The van der Waals surface area contributed by atoms with Crippen LogP contribution in [0.25, 0.3) is 10.9 Å². The summed E-state index contributed by atoms with van der Waals surface area (Å²) in [5, 5.41) is 13.4. The Bertz CT molecular complexity index is 1250. The lowest BCUT2D eigenvalue weighted by Gasteiger charge is -2.16. The maximum Gasteiger partial charge on any atom is 0.349 e. The average molecular weight is 432 g/mol. The summed E-state index contributed by atoms with van der Waals surface area (Å²) in [4.78, 5) is 38.4. The molecule has 9 nitrogen and oxygen atoms in total. The van der Waals surface area contributed by atoms with Gasteiger partial charge in [0.15, 0.2) is 17.6 Å². The summed E-state index contributed by atoms with van der Waals surface area (Å²) in [7, 11) is 0. The number of hydrogen-bond acceptors (Lipinski definition) is 6. The molecule has 2 N–H and O–H groups in total. The number of fused-ring (bicyclic) bond motifs is 1. The Hall–Kier alpha value is -3.59. The van der Waals surface area contributed by atoms with Crippen LogP contribution in [-0.2, 0) is 4.79 Å². The van der Waals surface area contributed by atoms with Crippen LogP contribution in [0.2, 0.25) is 5.02 Å². The summed E-state index contributed by atoms with van der Waals surface area (Å²) in [6.45, 7) is 3.38. The Balaban J connectivity index is 2.02. The quantitative estimate of drug-likeness (QED) is 0.554. The van der Waals surface area contributed by atoms with Gasteiger partial charge in [0, 0.05) is 0 Å². The van der Waals surface area contributed by atoms with Crippen molar-refractivity contribution in [3.8, 4) is 11.5 Å². The van der Waals surface area contributed by atoms with Crippen molar-refractivity contribution in [2.24, 2.45) is 5.10 Å². The molecule has 1 heterocycles. The molecule has 0 spiro atoms. The van der Waals surface area contributed by atoms with Gasteiger partial charge in [0.25, 0.3) is 5.56 Å². The van der Waals surface area contributed by atoms with Gasteiger partial charge >= 0.3 is 11.7 Å². The van der Waals surface area contributed by atoms with Gasteiger partial charge in [0.1, 0.15) is 0 Å². The molecule has 0 unspecified atom stereocenters. The molecule has 0 saturated carbocycles. The third-order valence-electron chi connectivity index (χ3n) is 4.08. The number of aromatic nitrogens is 2. The van der Waals surface area contributed by atoms with Gasteiger partial charge in [-0.05, 0) is 43.7 Å². The second-order valence-corrected chi connectivity index (χ2v) is 6.61. The van der Waals surface area contributed by atoms with Gasteiger partial charge in [-0.15, -0.1) is 4.68 Å². The van der Waals surface area contributed by atoms with Gasteiger partial charge in [0.05, 0.1) is 28.7 Å². The predicted octanol–water partition coefficient (Wildman–Crippen LogP) is 2.48. The lowest BCUT2D eigenvalue weighted by Crippen LogP contribution is -2.32. The maximum atomic E-state index is 12.5. The van der Waals surface area contributed by atoms with Crippen LogP contribution in [0, 0.1) is 0 Å². The summed E-state index contributed by atoms with van der Waals surface area (Å²) >= 11 is 6.25. The van der Waals surface area contributed by atoms with Crippen LogP contribution in [0.4, 0.5) is 0 Å². The third kappa shape index (κ3) is 4.36. The van der Waals surface area contributed by atoms with Gasteiger partial charge in [-0.25, -0.2) is 9.59 Å². The molecule has 2 aromatic carbocycles. The smallest absolute Gasteiger partial charge is 0.349 e. The fourth-order valence-electron chi connectivity index (χ4n) is 2.65. The first-order chi connectivity index (χ1) is 14.3. The number of halogens is 1. The van der Waals surface area contributed by atoms with E-state index >= 15 is 0 Å². The highest BCUT2D eigenvalue weighted by molar-refractivity contribution is 6.32. The first-order valence-electron chi connectivity index (χ1n) is 8.96. The summed E-state index contributed by atoms with van der Waals surface area (Å²) in [5.41, 5.74) is -0.439. The van der Waals surface area contributed by atoms with Crippen molar-refractivity contribution in [3.05, 3.63) is 67.8 Å². The predicted molar refractivity (Wildman–Crippen MR) is 112 cm³/mol. The molecule has 1 atom stereocenters. The van der Waals surface area contributed by atoms with E-state index in [4.69, 9.17) is 26.2 Å². The molecule has 3 aromatic rings. The molecule has 1 aromatic heterocycles. The number of aromatic amines is 1. The highest BCUT2D eigenvalue weighted by Gasteiger charge is 2.19. The van der Waals surface area contributed by atoms with E-state index in [1.54, 1.807) is 31.2 Å². The van der Waals surface area contributed by atoms with Crippen molar-refractivity contribution in [2.75, 3.05) is 6.61 Å². The zero-order chi connectivity index (χ0) is 21.8. The molecule has 0 aliphatic heterocycles. The van der Waals surface area contributed by atoms with E-state index in [1.807, 2.05) is 0 Å². The molecule has 30 heavy (non-hydrogen) atoms. The summed E-state index contributed by atoms with van der Waals surface area (Å²) in [6.07, 6.45) is 0.125.